The average molecular weight is 279 g/mol. The number of benzene rings is 2. The number of aldehydes is 1. The molecule has 0 bridgehead atoms. The summed E-state index contributed by atoms with van der Waals surface area (Å²) in [5.74, 6) is 0.142. The molecule has 4 heteroatoms. The summed E-state index contributed by atoms with van der Waals surface area (Å²) in [6.07, 6.45) is 0.662. The van der Waals surface area contributed by atoms with Crippen LogP contribution in [0.3, 0.4) is 0 Å². The van der Waals surface area contributed by atoms with E-state index in [1.807, 2.05) is 0 Å². The third-order valence-electron chi connectivity index (χ3n) is 2.82. The zero-order chi connectivity index (χ0) is 13.8. The molecular formula is C15H12ClFO2. The van der Waals surface area contributed by atoms with Crippen LogP contribution in [0, 0.1) is 12.7 Å². The van der Waals surface area contributed by atoms with Gasteiger partial charge in [0.2, 0.25) is 0 Å². The Labute approximate surface area is 115 Å². The normalized spacial score (nSPS) is 10.3. The Kier molecular flexibility index (Phi) is 4.17. The quantitative estimate of drug-likeness (QED) is 0.784. The smallest absolute Gasteiger partial charge is 0.155 e. The van der Waals surface area contributed by atoms with Gasteiger partial charge in [0, 0.05) is 0 Å². The Hall–Kier alpha value is -1.87. The van der Waals surface area contributed by atoms with Gasteiger partial charge in [0.25, 0.3) is 0 Å². The molecule has 0 amide bonds. The SMILES string of the molecule is Cc1cc(F)ccc1COc1cccc(Cl)c1C=O. The summed E-state index contributed by atoms with van der Waals surface area (Å²) in [4.78, 5) is 11.0. The minimum absolute atomic E-state index is 0.257. The van der Waals surface area contributed by atoms with Gasteiger partial charge in [0.1, 0.15) is 18.2 Å². The van der Waals surface area contributed by atoms with Gasteiger partial charge >= 0.3 is 0 Å². The second-order valence-corrected chi connectivity index (χ2v) is 4.54. The van der Waals surface area contributed by atoms with Crippen LogP contribution in [0.2, 0.25) is 5.02 Å². The van der Waals surface area contributed by atoms with Gasteiger partial charge in [-0.15, -0.1) is 0 Å². The molecule has 0 saturated carbocycles. The molecule has 0 N–H and O–H groups in total. The zero-order valence-corrected chi connectivity index (χ0v) is 11.1. The molecule has 98 valence electrons. The summed E-state index contributed by atoms with van der Waals surface area (Å²) in [5, 5.41) is 0.350. The van der Waals surface area contributed by atoms with Crippen molar-refractivity contribution in [3.8, 4) is 5.75 Å². The van der Waals surface area contributed by atoms with Gasteiger partial charge in [-0.05, 0) is 42.3 Å². The first-order chi connectivity index (χ1) is 9.11. The van der Waals surface area contributed by atoms with Crippen LogP contribution in [0.25, 0.3) is 0 Å². The standard InChI is InChI=1S/C15H12ClFO2/c1-10-7-12(17)6-5-11(10)9-19-15-4-2-3-14(16)13(15)8-18/h2-8H,9H2,1H3. The summed E-state index contributed by atoms with van der Waals surface area (Å²) in [7, 11) is 0. The maximum absolute atomic E-state index is 13.0. The molecule has 0 aliphatic rings. The number of aryl methyl sites for hydroxylation is 1. The zero-order valence-electron chi connectivity index (χ0n) is 10.3. The minimum atomic E-state index is -0.280. The van der Waals surface area contributed by atoms with Gasteiger partial charge < -0.3 is 4.74 Å². The first-order valence-electron chi connectivity index (χ1n) is 5.73. The fourth-order valence-electron chi connectivity index (χ4n) is 1.73. The van der Waals surface area contributed by atoms with Crippen molar-refractivity contribution >= 4 is 17.9 Å². The van der Waals surface area contributed by atoms with E-state index in [1.54, 1.807) is 31.2 Å². The Morgan fingerprint density at radius 1 is 1.32 bits per heavy atom. The fourth-order valence-corrected chi connectivity index (χ4v) is 1.94. The molecule has 0 saturated heterocycles. The molecule has 2 aromatic carbocycles. The Balaban J connectivity index is 2.19. The first-order valence-corrected chi connectivity index (χ1v) is 6.11. The molecule has 2 nitrogen and oxygen atoms in total. The molecule has 0 aliphatic heterocycles. The van der Waals surface area contributed by atoms with Gasteiger partial charge in [0.05, 0.1) is 10.6 Å². The van der Waals surface area contributed by atoms with Crippen LogP contribution in [0.4, 0.5) is 4.39 Å². The minimum Gasteiger partial charge on any atom is -0.488 e. The predicted octanol–water partition coefficient (Wildman–Crippen LogP) is 4.18. The molecule has 0 radical (unpaired) electrons. The topological polar surface area (TPSA) is 26.3 Å². The van der Waals surface area contributed by atoms with E-state index in [0.717, 1.165) is 11.1 Å². The molecule has 0 atom stereocenters. The van der Waals surface area contributed by atoms with Crippen molar-refractivity contribution < 1.29 is 13.9 Å². The van der Waals surface area contributed by atoms with Crippen LogP contribution in [-0.4, -0.2) is 6.29 Å². The summed E-state index contributed by atoms with van der Waals surface area (Å²) >= 11 is 5.90. The van der Waals surface area contributed by atoms with E-state index in [2.05, 4.69) is 0 Å². The molecule has 2 rings (SSSR count). The molecule has 0 aliphatic carbocycles. The van der Waals surface area contributed by atoms with E-state index in [1.165, 1.54) is 12.1 Å². The van der Waals surface area contributed by atoms with E-state index < -0.39 is 0 Å². The summed E-state index contributed by atoms with van der Waals surface area (Å²) in [6, 6.07) is 9.50. The maximum Gasteiger partial charge on any atom is 0.155 e. The van der Waals surface area contributed by atoms with Crippen molar-refractivity contribution in [2.45, 2.75) is 13.5 Å². The lowest BCUT2D eigenvalue weighted by Gasteiger charge is -2.11. The second-order valence-electron chi connectivity index (χ2n) is 4.13. The van der Waals surface area contributed by atoms with E-state index >= 15 is 0 Å². The van der Waals surface area contributed by atoms with Crippen molar-refractivity contribution in [1.82, 2.24) is 0 Å². The number of carbonyl (C=O) groups excluding carboxylic acids is 1. The summed E-state index contributed by atoms with van der Waals surface area (Å²) in [5.41, 5.74) is 1.98. The van der Waals surface area contributed by atoms with Gasteiger partial charge in [-0.1, -0.05) is 23.7 Å². The van der Waals surface area contributed by atoms with Crippen molar-refractivity contribution in [1.29, 1.82) is 0 Å². The van der Waals surface area contributed by atoms with Crippen molar-refractivity contribution in [2.75, 3.05) is 0 Å². The maximum atomic E-state index is 13.0. The van der Waals surface area contributed by atoms with Crippen molar-refractivity contribution in [2.24, 2.45) is 0 Å². The molecule has 19 heavy (non-hydrogen) atoms. The van der Waals surface area contributed by atoms with E-state index in [4.69, 9.17) is 16.3 Å². The van der Waals surface area contributed by atoms with Crippen molar-refractivity contribution in [3.05, 3.63) is 63.9 Å². The lowest BCUT2D eigenvalue weighted by atomic mass is 10.1. The number of rotatable bonds is 4. The highest BCUT2D eigenvalue weighted by Crippen LogP contribution is 2.25. The van der Waals surface area contributed by atoms with Crippen molar-refractivity contribution in [3.63, 3.8) is 0 Å². The third-order valence-corrected chi connectivity index (χ3v) is 3.15. The van der Waals surface area contributed by atoms with Gasteiger partial charge in [-0.25, -0.2) is 4.39 Å². The lowest BCUT2D eigenvalue weighted by molar-refractivity contribution is 0.111. The van der Waals surface area contributed by atoms with Crippen LogP contribution >= 0.6 is 11.6 Å². The Morgan fingerprint density at radius 3 is 2.79 bits per heavy atom. The highest BCUT2D eigenvalue weighted by molar-refractivity contribution is 6.33. The second kappa shape index (κ2) is 5.85. The Morgan fingerprint density at radius 2 is 2.11 bits per heavy atom. The van der Waals surface area contributed by atoms with E-state index in [0.29, 0.717) is 22.6 Å². The number of halogens is 2. The predicted molar refractivity (Wildman–Crippen MR) is 72.3 cm³/mol. The monoisotopic (exact) mass is 278 g/mol. The molecule has 2 aromatic rings. The first kappa shape index (κ1) is 13.6. The largest absolute Gasteiger partial charge is 0.488 e. The molecular weight excluding hydrogens is 267 g/mol. The van der Waals surface area contributed by atoms with Gasteiger partial charge in [-0.2, -0.15) is 0 Å². The summed E-state index contributed by atoms with van der Waals surface area (Å²) in [6.45, 7) is 2.06. The van der Waals surface area contributed by atoms with Crippen LogP contribution in [-0.2, 0) is 6.61 Å². The average Bonchev–Trinajstić information content (AvgIpc) is 2.38. The van der Waals surface area contributed by atoms with Crippen LogP contribution < -0.4 is 4.74 Å². The number of hydrogen-bond donors (Lipinski definition) is 0. The number of ether oxygens (including phenoxy) is 1. The molecule has 0 heterocycles. The highest BCUT2D eigenvalue weighted by Gasteiger charge is 2.08. The highest BCUT2D eigenvalue weighted by atomic mass is 35.5. The Bertz CT molecular complexity index is 611. The van der Waals surface area contributed by atoms with E-state index in [-0.39, 0.29) is 12.4 Å². The molecule has 0 fully saturated rings. The van der Waals surface area contributed by atoms with E-state index in [9.17, 15) is 9.18 Å². The molecule has 0 spiro atoms. The number of hydrogen-bond acceptors (Lipinski definition) is 2. The van der Waals surface area contributed by atoms with Crippen LogP contribution in [0.1, 0.15) is 21.5 Å². The molecule has 0 unspecified atom stereocenters. The summed E-state index contributed by atoms with van der Waals surface area (Å²) < 4.78 is 18.6. The van der Waals surface area contributed by atoms with Crippen LogP contribution in [0.15, 0.2) is 36.4 Å². The van der Waals surface area contributed by atoms with Gasteiger partial charge in [-0.3, -0.25) is 4.79 Å². The third kappa shape index (κ3) is 3.12. The fraction of sp³-hybridized carbons (Fsp3) is 0.133. The molecule has 0 aromatic heterocycles. The lowest BCUT2D eigenvalue weighted by Crippen LogP contribution is -2.00. The van der Waals surface area contributed by atoms with Gasteiger partial charge in [0.15, 0.2) is 6.29 Å². The number of carbonyl (C=O) groups is 1. The van der Waals surface area contributed by atoms with Crippen LogP contribution in [0.5, 0.6) is 5.75 Å².